The van der Waals surface area contributed by atoms with Gasteiger partial charge in [-0.25, -0.2) is 4.68 Å². The molecule has 1 saturated carbocycles. The lowest BCUT2D eigenvalue weighted by Crippen LogP contribution is -2.29. The Morgan fingerprint density at radius 1 is 1.14 bits per heavy atom. The third-order valence-electron chi connectivity index (χ3n) is 5.76. The quantitative estimate of drug-likeness (QED) is 0.879. The van der Waals surface area contributed by atoms with Gasteiger partial charge in [-0.3, -0.25) is 9.59 Å². The molecule has 3 aliphatic rings. The molecule has 1 aromatic heterocycles. The predicted octanol–water partition coefficient (Wildman–Crippen LogP) is 2.72. The van der Waals surface area contributed by atoms with Crippen molar-refractivity contribution in [2.45, 2.75) is 38.1 Å². The van der Waals surface area contributed by atoms with Gasteiger partial charge in [0.15, 0.2) is 11.5 Å². The van der Waals surface area contributed by atoms with Gasteiger partial charge in [-0.15, -0.1) is 0 Å². The first-order chi connectivity index (χ1) is 13.7. The zero-order valence-electron chi connectivity index (χ0n) is 15.5. The lowest BCUT2D eigenvalue weighted by Gasteiger charge is -2.18. The van der Waals surface area contributed by atoms with E-state index in [0.717, 1.165) is 18.5 Å². The molecular weight excluding hydrogens is 360 g/mol. The highest BCUT2D eigenvalue weighted by Crippen LogP contribution is 2.37. The maximum Gasteiger partial charge on any atom is 0.231 e. The lowest BCUT2D eigenvalue weighted by molar-refractivity contribution is -0.122. The lowest BCUT2D eigenvalue weighted by atomic mass is 10.1. The van der Waals surface area contributed by atoms with Gasteiger partial charge in [-0.1, -0.05) is 12.8 Å². The van der Waals surface area contributed by atoms with Crippen molar-refractivity contribution in [2.75, 3.05) is 23.6 Å². The monoisotopic (exact) mass is 382 g/mol. The molecule has 1 aromatic carbocycles. The molecule has 146 valence electrons. The van der Waals surface area contributed by atoms with Crippen molar-refractivity contribution in [1.82, 2.24) is 9.78 Å². The van der Waals surface area contributed by atoms with Crippen LogP contribution in [0.5, 0.6) is 11.5 Å². The second kappa shape index (κ2) is 6.85. The number of benzene rings is 1. The fourth-order valence-corrected chi connectivity index (χ4v) is 4.27. The second-order valence-corrected chi connectivity index (χ2v) is 7.53. The molecule has 2 amide bonds. The summed E-state index contributed by atoms with van der Waals surface area (Å²) in [5.41, 5.74) is 0.723. The van der Waals surface area contributed by atoms with Gasteiger partial charge in [-0.05, 0) is 25.0 Å². The molecule has 8 heteroatoms. The second-order valence-electron chi connectivity index (χ2n) is 7.53. The SMILES string of the molecule is O=C(Nc1ccnn1C1CCCC1)[C@@H]1CC(=O)N(c2ccc3c(c2)OCO3)C1. The van der Waals surface area contributed by atoms with Crippen LogP contribution in [0.15, 0.2) is 30.5 Å². The summed E-state index contributed by atoms with van der Waals surface area (Å²) in [6, 6.07) is 7.57. The number of ether oxygens (including phenoxy) is 2. The maximum absolute atomic E-state index is 12.8. The number of amides is 2. The van der Waals surface area contributed by atoms with Crippen LogP contribution >= 0.6 is 0 Å². The number of rotatable bonds is 4. The standard InChI is InChI=1S/C20H22N4O4/c25-19-9-13(11-23(19)15-5-6-16-17(10-15)28-12-27-16)20(26)22-18-7-8-21-24(18)14-3-1-2-4-14/h5-8,10,13-14H,1-4,9,11-12H2,(H,22,26)/t13-/m1/s1. The maximum atomic E-state index is 12.8. The summed E-state index contributed by atoms with van der Waals surface area (Å²) in [4.78, 5) is 27.0. The summed E-state index contributed by atoms with van der Waals surface area (Å²) in [5, 5.41) is 7.37. The van der Waals surface area contributed by atoms with Gasteiger partial charge in [0.2, 0.25) is 18.6 Å². The van der Waals surface area contributed by atoms with Gasteiger partial charge in [0.25, 0.3) is 0 Å². The Labute approximate surface area is 162 Å². The fraction of sp³-hybridized carbons (Fsp3) is 0.450. The van der Waals surface area contributed by atoms with E-state index >= 15 is 0 Å². The Hall–Kier alpha value is -3.03. The Bertz CT molecular complexity index is 919. The van der Waals surface area contributed by atoms with Gasteiger partial charge in [-0.2, -0.15) is 5.10 Å². The molecule has 1 N–H and O–H groups in total. The van der Waals surface area contributed by atoms with E-state index in [4.69, 9.17) is 9.47 Å². The van der Waals surface area contributed by atoms with Crippen molar-refractivity contribution >= 4 is 23.3 Å². The minimum absolute atomic E-state index is 0.0664. The van der Waals surface area contributed by atoms with E-state index in [1.165, 1.54) is 12.8 Å². The highest BCUT2D eigenvalue weighted by atomic mass is 16.7. The highest BCUT2D eigenvalue weighted by Gasteiger charge is 2.36. The van der Waals surface area contributed by atoms with Crippen LogP contribution in [0.4, 0.5) is 11.5 Å². The van der Waals surface area contributed by atoms with Crippen molar-refractivity contribution < 1.29 is 19.1 Å². The summed E-state index contributed by atoms with van der Waals surface area (Å²) in [6.45, 7) is 0.536. The average Bonchev–Trinajstić information content (AvgIpc) is 3.47. The molecule has 0 bridgehead atoms. The Morgan fingerprint density at radius 2 is 1.96 bits per heavy atom. The van der Waals surface area contributed by atoms with Gasteiger partial charge in [0, 0.05) is 30.8 Å². The first kappa shape index (κ1) is 17.1. The summed E-state index contributed by atoms with van der Waals surface area (Å²) < 4.78 is 12.6. The van der Waals surface area contributed by atoms with Crippen molar-refractivity contribution in [3.05, 3.63) is 30.5 Å². The molecule has 3 heterocycles. The number of anilines is 2. The van der Waals surface area contributed by atoms with Crippen LogP contribution in [0.2, 0.25) is 0 Å². The largest absolute Gasteiger partial charge is 0.454 e. The molecule has 0 spiro atoms. The fourth-order valence-electron chi connectivity index (χ4n) is 4.27. The minimum Gasteiger partial charge on any atom is -0.454 e. The van der Waals surface area contributed by atoms with Crippen LogP contribution < -0.4 is 19.7 Å². The molecule has 2 aromatic rings. The van der Waals surface area contributed by atoms with E-state index < -0.39 is 5.92 Å². The molecule has 0 unspecified atom stereocenters. The van der Waals surface area contributed by atoms with Crippen molar-refractivity contribution in [3.8, 4) is 11.5 Å². The smallest absolute Gasteiger partial charge is 0.231 e. The van der Waals surface area contributed by atoms with E-state index in [1.54, 1.807) is 23.2 Å². The van der Waals surface area contributed by atoms with Crippen molar-refractivity contribution in [1.29, 1.82) is 0 Å². The molecule has 5 rings (SSSR count). The first-order valence-electron chi connectivity index (χ1n) is 9.73. The molecule has 1 aliphatic carbocycles. The predicted molar refractivity (Wildman–Crippen MR) is 101 cm³/mol. The van der Waals surface area contributed by atoms with Crippen LogP contribution in [0.3, 0.4) is 0 Å². The van der Waals surface area contributed by atoms with Gasteiger partial charge in [0.1, 0.15) is 5.82 Å². The topological polar surface area (TPSA) is 85.7 Å². The number of fused-ring (bicyclic) bond motifs is 1. The van der Waals surface area contributed by atoms with Crippen LogP contribution in [0.1, 0.15) is 38.1 Å². The third kappa shape index (κ3) is 2.98. The molecule has 1 saturated heterocycles. The van der Waals surface area contributed by atoms with E-state index in [1.807, 2.05) is 16.8 Å². The average molecular weight is 382 g/mol. The number of carbonyl (C=O) groups is 2. The summed E-state index contributed by atoms with van der Waals surface area (Å²) >= 11 is 0. The molecular formula is C20H22N4O4. The highest BCUT2D eigenvalue weighted by molar-refractivity contribution is 6.03. The Balaban J connectivity index is 1.28. The molecule has 28 heavy (non-hydrogen) atoms. The van der Waals surface area contributed by atoms with Crippen molar-refractivity contribution in [2.24, 2.45) is 5.92 Å². The summed E-state index contributed by atoms with van der Waals surface area (Å²) in [7, 11) is 0. The van der Waals surface area contributed by atoms with E-state index in [-0.39, 0.29) is 25.0 Å². The minimum atomic E-state index is -0.398. The van der Waals surface area contributed by atoms with E-state index in [9.17, 15) is 9.59 Å². The van der Waals surface area contributed by atoms with Crippen LogP contribution in [0.25, 0.3) is 0 Å². The van der Waals surface area contributed by atoms with Gasteiger partial charge >= 0.3 is 0 Å². The molecule has 2 fully saturated rings. The third-order valence-corrected chi connectivity index (χ3v) is 5.76. The van der Waals surface area contributed by atoms with Gasteiger partial charge < -0.3 is 19.7 Å². The molecule has 1 atom stereocenters. The number of carbonyl (C=O) groups excluding carboxylic acids is 2. The zero-order valence-corrected chi connectivity index (χ0v) is 15.5. The normalized spacial score (nSPS) is 21.5. The van der Waals surface area contributed by atoms with Crippen LogP contribution in [0, 0.1) is 5.92 Å². The van der Waals surface area contributed by atoms with Crippen molar-refractivity contribution in [3.63, 3.8) is 0 Å². The number of hydrogen-bond donors (Lipinski definition) is 1. The van der Waals surface area contributed by atoms with Crippen LogP contribution in [-0.2, 0) is 9.59 Å². The van der Waals surface area contributed by atoms with E-state index in [0.29, 0.717) is 29.9 Å². The molecule has 0 radical (unpaired) electrons. The van der Waals surface area contributed by atoms with Crippen LogP contribution in [-0.4, -0.2) is 34.9 Å². The Morgan fingerprint density at radius 3 is 2.82 bits per heavy atom. The number of hydrogen-bond acceptors (Lipinski definition) is 5. The number of nitrogens with one attached hydrogen (secondary N) is 1. The number of nitrogens with zero attached hydrogens (tertiary/aromatic N) is 3. The summed E-state index contributed by atoms with van der Waals surface area (Å²) in [6.07, 6.45) is 6.47. The zero-order chi connectivity index (χ0) is 19.1. The summed E-state index contributed by atoms with van der Waals surface area (Å²) in [5.74, 6) is 1.40. The number of aromatic nitrogens is 2. The van der Waals surface area contributed by atoms with E-state index in [2.05, 4.69) is 10.4 Å². The molecule has 8 nitrogen and oxygen atoms in total. The van der Waals surface area contributed by atoms with Gasteiger partial charge in [0.05, 0.1) is 18.2 Å². The molecule has 2 aliphatic heterocycles. The first-order valence-corrected chi connectivity index (χ1v) is 9.73. The Kier molecular flexibility index (Phi) is 4.18.